The van der Waals surface area contributed by atoms with Crippen LogP contribution in [0.15, 0.2) is 18.2 Å². The number of hydrogen-bond acceptors (Lipinski definition) is 3. The molecule has 0 aliphatic heterocycles. The molecule has 1 aromatic carbocycles. The van der Waals surface area contributed by atoms with Crippen molar-refractivity contribution in [3.05, 3.63) is 23.8 Å². The van der Waals surface area contributed by atoms with Crippen LogP contribution >= 0.6 is 0 Å². The van der Waals surface area contributed by atoms with Crippen molar-refractivity contribution >= 4 is 0 Å². The molecule has 1 aromatic rings. The van der Waals surface area contributed by atoms with Crippen LogP contribution in [-0.2, 0) is 0 Å². The van der Waals surface area contributed by atoms with Gasteiger partial charge in [-0.25, -0.2) is 0 Å². The van der Waals surface area contributed by atoms with Crippen molar-refractivity contribution < 1.29 is 9.47 Å². The summed E-state index contributed by atoms with van der Waals surface area (Å²) < 4.78 is 11.4. The Bertz CT molecular complexity index is 433. The lowest BCUT2D eigenvalue weighted by molar-refractivity contribution is 0.287. The summed E-state index contributed by atoms with van der Waals surface area (Å²) in [5.74, 6) is 2.35. The minimum absolute atomic E-state index is 0.603. The summed E-state index contributed by atoms with van der Waals surface area (Å²) >= 11 is 0. The van der Waals surface area contributed by atoms with E-state index in [9.17, 15) is 0 Å². The van der Waals surface area contributed by atoms with Crippen molar-refractivity contribution in [1.29, 1.82) is 0 Å². The molecule has 0 radical (unpaired) electrons. The van der Waals surface area contributed by atoms with Gasteiger partial charge in [0.15, 0.2) is 11.5 Å². The number of ether oxygens (including phenoxy) is 2. The summed E-state index contributed by atoms with van der Waals surface area (Å²) in [6.07, 6.45) is 5.04. The molecule has 0 aromatic heterocycles. The highest BCUT2D eigenvalue weighted by molar-refractivity contribution is 5.44. The lowest BCUT2D eigenvalue weighted by Crippen LogP contribution is -2.31. The van der Waals surface area contributed by atoms with Gasteiger partial charge in [-0.2, -0.15) is 0 Å². The highest BCUT2D eigenvalue weighted by Crippen LogP contribution is 2.38. The van der Waals surface area contributed by atoms with Crippen LogP contribution in [-0.4, -0.2) is 25.8 Å². The van der Waals surface area contributed by atoms with Crippen molar-refractivity contribution in [3.8, 4) is 11.5 Å². The lowest BCUT2D eigenvalue weighted by Gasteiger charge is -2.22. The van der Waals surface area contributed by atoms with Crippen LogP contribution in [0.1, 0.15) is 57.9 Å². The van der Waals surface area contributed by atoms with E-state index in [2.05, 4.69) is 30.4 Å². The van der Waals surface area contributed by atoms with Gasteiger partial charge in [0.05, 0.1) is 13.2 Å². The van der Waals surface area contributed by atoms with E-state index in [1.807, 2.05) is 13.8 Å². The van der Waals surface area contributed by atoms with Crippen LogP contribution in [0, 0.1) is 0 Å². The Hall–Kier alpha value is -1.22. The normalized spacial score (nSPS) is 21.5. The fourth-order valence-electron chi connectivity index (χ4n) is 3.23. The number of rotatable bonds is 8. The number of nitrogens with one attached hydrogen (secondary N) is 1. The molecule has 0 bridgehead atoms. The fourth-order valence-corrected chi connectivity index (χ4v) is 3.23. The zero-order valence-electron chi connectivity index (χ0n) is 13.7. The molecule has 1 N–H and O–H groups in total. The Balaban J connectivity index is 2.16. The Kier molecular flexibility index (Phi) is 6.37. The van der Waals surface area contributed by atoms with E-state index in [1.165, 1.54) is 31.2 Å². The van der Waals surface area contributed by atoms with E-state index < -0.39 is 0 Å². The van der Waals surface area contributed by atoms with Gasteiger partial charge in [0.1, 0.15) is 0 Å². The van der Waals surface area contributed by atoms with Crippen molar-refractivity contribution in [1.82, 2.24) is 5.32 Å². The highest BCUT2D eigenvalue weighted by Gasteiger charge is 2.28. The average molecular weight is 291 g/mol. The van der Waals surface area contributed by atoms with Gasteiger partial charge in [-0.1, -0.05) is 19.4 Å². The zero-order chi connectivity index (χ0) is 15.1. The van der Waals surface area contributed by atoms with Crippen LogP contribution in [0.3, 0.4) is 0 Å². The molecule has 1 fully saturated rings. The minimum Gasteiger partial charge on any atom is -0.490 e. The SMILES string of the molecule is CCCNC1CCCC1c1ccc(OCC)c(OCC)c1. The molecule has 2 rings (SSSR count). The molecule has 0 heterocycles. The molecule has 1 aliphatic rings. The summed E-state index contributed by atoms with van der Waals surface area (Å²) in [7, 11) is 0. The Labute approximate surface area is 129 Å². The summed E-state index contributed by atoms with van der Waals surface area (Å²) in [6, 6.07) is 7.08. The maximum atomic E-state index is 5.76. The molecule has 21 heavy (non-hydrogen) atoms. The van der Waals surface area contributed by atoms with Gasteiger partial charge in [0, 0.05) is 6.04 Å². The van der Waals surface area contributed by atoms with Crippen LogP contribution in [0.5, 0.6) is 11.5 Å². The number of hydrogen-bond donors (Lipinski definition) is 1. The molecular formula is C18H29NO2. The molecule has 0 saturated heterocycles. The van der Waals surface area contributed by atoms with Crippen molar-refractivity contribution in [3.63, 3.8) is 0 Å². The quantitative estimate of drug-likeness (QED) is 0.781. The fraction of sp³-hybridized carbons (Fsp3) is 0.667. The number of benzene rings is 1. The van der Waals surface area contributed by atoms with Crippen molar-refractivity contribution in [2.45, 2.75) is 58.4 Å². The second-order valence-electron chi connectivity index (χ2n) is 5.67. The van der Waals surface area contributed by atoms with Gasteiger partial charge >= 0.3 is 0 Å². The third-order valence-electron chi connectivity index (χ3n) is 4.17. The second kappa shape index (κ2) is 8.28. The summed E-state index contributed by atoms with van der Waals surface area (Å²) in [4.78, 5) is 0. The second-order valence-corrected chi connectivity index (χ2v) is 5.67. The van der Waals surface area contributed by atoms with Crippen molar-refractivity contribution in [2.75, 3.05) is 19.8 Å². The first-order valence-electron chi connectivity index (χ1n) is 8.43. The van der Waals surface area contributed by atoms with E-state index in [4.69, 9.17) is 9.47 Å². The van der Waals surface area contributed by atoms with Gasteiger partial charge < -0.3 is 14.8 Å². The van der Waals surface area contributed by atoms with Gasteiger partial charge in [-0.3, -0.25) is 0 Å². The zero-order valence-corrected chi connectivity index (χ0v) is 13.7. The average Bonchev–Trinajstić information content (AvgIpc) is 2.96. The molecule has 3 heteroatoms. The molecule has 2 atom stereocenters. The molecule has 3 nitrogen and oxygen atoms in total. The molecule has 1 aliphatic carbocycles. The monoisotopic (exact) mass is 291 g/mol. The van der Waals surface area contributed by atoms with E-state index in [-0.39, 0.29) is 0 Å². The standard InChI is InChI=1S/C18H29NO2/c1-4-12-19-16-9-7-8-15(16)14-10-11-17(20-5-2)18(13-14)21-6-3/h10-11,13,15-16,19H,4-9,12H2,1-3H3. The molecule has 2 unspecified atom stereocenters. The molecule has 1 saturated carbocycles. The van der Waals surface area contributed by atoms with Gasteiger partial charge in [0.25, 0.3) is 0 Å². The summed E-state index contributed by atoms with van der Waals surface area (Å²) in [5.41, 5.74) is 1.38. The molecule has 118 valence electrons. The first-order chi connectivity index (χ1) is 10.3. The first kappa shape index (κ1) is 16.2. The largest absolute Gasteiger partial charge is 0.490 e. The topological polar surface area (TPSA) is 30.5 Å². The van der Waals surface area contributed by atoms with Crippen LogP contribution < -0.4 is 14.8 Å². The maximum Gasteiger partial charge on any atom is 0.161 e. The summed E-state index contributed by atoms with van der Waals surface area (Å²) in [6.45, 7) is 8.70. The van der Waals surface area contributed by atoms with E-state index in [1.54, 1.807) is 0 Å². The first-order valence-corrected chi connectivity index (χ1v) is 8.43. The molecule has 0 spiro atoms. The lowest BCUT2D eigenvalue weighted by atomic mass is 9.93. The predicted octanol–water partition coefficient (Wildman–Crippen LogP) is 4.12. The maximum absolute atomic E-state index is 5.76. The van der Waals surface area contributed by atoms with E-state index in [0.717, 1.165) is 18.0 Å². The van der Waals surface area contributed by atoms with Gasteiger partial charge in [0.2, 0.25) is 0 Å². The molecular weight excluding hydrogens is 262 g/mol. The third-order valence-corrected chi connectivity index (χ3v) is 4.17. The molecule has 0 amide bonds. The summed E-state index contributed by atoms with van der Waals surface area (Å²) in [5, 5.41) is 3.70. The third kappa shape index (κ3) is 4.13. The predicted molar refractivity (Wildman–Crippen MR) is 87.5 cm³/mol. The Morgan fingerprint density at radius 1 is 1.05 bits per heavy atom. The van der Waals surface area contributed by atoms with Crippen LogP contribution in [0.2, 0.25) is 0 Å². The van der Waals surface area contributed by atoms with E-state index >= 15 is 0 Å². The highest BCUT2D eigenvalue weighted by atomic mass is 16.5. The Morgan fingerprint density at radius 3 is 2.52 bits per heavy atom. The van der Waals surface area contributed by atoms with Gasteiger partial charge in [-0.15, -0.1) is 0 Å². The minimum atomic E-state index is 0.603. The van der Waals surface area contributed by atoms with Crippen molar-refractivity contribution in [2.24, 2.45) is 0 Å². The van der Waals surface area contributed by atoms with Crippen LogP contribution in [0.25, 0.3) is 0 Å². The smallest absolute Gasteiger partial charge is 0.161 e. The Morgan fingerprint density at radius 2 is 1.81 bits per heavy atom. The van der Waals surface area contributed by atoms with Crippen LogP contribution in [0.4, 0.5) is 0 Å². The van der Waals surface area contributed by atoms with E-state index in [0.29, 0.717) is 25.2 Å². The van der Waals surface area contributed by atoms with Gasteiger partial charge in [-0.05, 0) is 63.3 Å².